The van der Waals surface area contributed by atoms with Crippen molar-refractivity contribution in [1.82, 2.24) is 5.16 Å². The fourth-order valence-electron chi connectivity index (χ4n) is 10.6. The lowest BCUT2D eigenvalue weighted by molar-refractivity contribution is -0.832. The molecule has 0 amide bonds. The molecule has 0 saturated heterocycles. The third-order valence-electron chi connectivity index (χ3n) is 13.1. The molecule has 1 aromatic carbocycles. The average molecular weight is 689 g/mol. The summed E-state index contributed by atoms with van der Waals surface area (Å²) >= 11 is 0. The van der Waals surface area contributed by atoms with Crippen LogP contribution >= 0.6 is 0 Å². The number of hydrogen-bond acceptors (Lipinski definition) is 10. The van der Waals surface area contributed by atoms with Crippen molar-refractivity contribution < 1.29 is 42.4 Å². The Bertz CT molecular complexity index is 1530. The topological polar surface area (TPSA) is 163 Å². The number of hydrogen-bond donors (Lipinski definition) is 2. The van der Waals surface area contributed by atoms with Crippen LogP contribution in [0, 0.1) is 51.5 Å². The van der Waals surface area contributed by atoms with Gasteiger partial charge in [0.1, 0.15) is 0 Å². The number of fused-ring (bicyclic) bond motifs is 5. The second kappa shape index (κ2) is 13.9. The first-order valence-corrected chi connectivity index (χ1v) is 19.4. The Morgan fingerprint density at radius 1 is 1.04 bits per heavy atom. The second-order valence-electron chi connectivity index (χ2n) is 15.6. The van der Waals surface area contributed by atoms with Crippen LogP contribution in [-0.4, -0.2) is 55.2 Å². The summed E-state index contributed by atoms with van der Waals surface area (Å²) in [7, 11) is -4.18. The van der Waals surface area contributed by atoms with Crippen molar-refractivity contribution in [2.24, 2.45) is 46.3 Å². The van der Waals surface area contributed by atoms with E-state index in [1.165, 1.54) is 18.6 Å². The van der Waals surface area contributed by atoms with E-state index < -0.39 is 20.7 Å². The molecular formula is C36H52N2O9S. The Morgan fingerprint density at radius 2 is 1.75 bits per heavy atom. The molecule has 10 atom stereocenters. The van der Waals surface area contributed by atoms with Crippen LogP contribution in [0.1, 0.15) is 97.8 Å². The Balaban J connectivity index is 0.938. The minimum atomic E-state index is -4.18. The third-order valence-corrected chi connectivity index (χ3v) is 14.8. The summed E-state index contributed by atoms with van der Waals surface area (Å²) in [5.74, 6) is 2.02. The lowest BCUT2D eigenvalue weighted by Crippen LogP contribution is -2.58. The van der Waals surface area contributed by atoms with Crippen molar-refractivity contribution >= 4 is 15.8 Å². The lowest BCUT2D eigenvalue weighted by atomic mass is 9.43. The second-order valence-corrected chi connectivity index (χ2v) is 17.5. The zero-order chi connectivity index (χ0) is 34.3. The molecule has 4 saturated carbocycles. The highest BCUT2D eigenvalue weighted by molar-refractivity contribution is 7.91. The number of carbonyl (C=O) groups is 1. The van der Waals surface area contributed by atoms with Crippen LogP contribution in [0.3, 0.4) is 0 Å². The predicted molar refractivity (Wildman–Crippen MR) is 174 cm³/mol. The van der Waals surface area contributed by atoms with Crippen molar-refractivity contribution in [2.75, 3.05) is 13.2 Å². The third kappa shape index (κ3) is 6.49. The van der Waals surface area contributed by atoms with Crippen LogP contribution in [0.25, 0.3) is 0 Å². The number of unbranched alkanes of at least 4 members (excludes halogenated alkanes) is 1. The monoisotopic (exact) mass is 688 g/mol. The Morgan fingerprint density at radius 3 is 2.52 bits per heavy atom. The number of rotatable bonds is 12. The van der Waals surface area contributed by atoms with Gasteiger partial charge in [-0.1, -0.05) is 39.0 Å². The van der Waals surface area contributed by atoms with Crippen LogP contribution in [0.4, 0.5) is 0 Å². The minimum Gasteiger partial charge on any atom is -0.466 e. The van der Waals surface area contributed by atoms with E-state index in [0.717, 1.165) is 51.4 Å². The summed E-state index contributed by atoms with van der Waals surface area (Å²) in [5, 5.41) is 36.7. The molecule has 0 aliphatic heterocycles. The molecule has 0 radical (unpaired) electrons. The summed E-state index contributed by atoms with van der Waals surface area (Å²) in [6.45, 7) is 7.45. The molecule has 1 aromatic heterocycles. The number of carbonyl (C=O) groups excluding carboxylic acids is 1. The van der Waals surface area contributed by atoms with Gasteiger partial charge in [-0.2, -0.15) is 0 Å². The Kier molecular flexibility index (Phi) is 10.2. The molecular weight excluding hydrogens is 636 g/mol. The van der Waals surface area contributed by atoms with Crippen LogP contribution in [0.2, 0.25) is 0 Å². The molecule has 4 aliphatic carbocycles. The molecule has 1 heterocycles. The molecule has 4 aliphatic rings. The summed E-state index contributed by atoms with van der Waals surface area (Å²) in [4.78, 5) is 12.4. The average Bonchev–Trinajstić information content (AvgIpc) is 3.62. The van der Waals surface area contributed by atoms with Gasteiger partial charge < -0.3 is 24.9 Å². The van der Waals surface area contributed by atoms with Gasteiger partial charge in [0.05, 0.1) is 35.5 Å². The first-order valence-electron chi connectivity index (χ1n) is 17.9. The highest BCUT2D eigenvalue weighted by Crippen LogP contribution is 2.68. The van der Waals surface area contributed by atoms with E-state index in [0.29, 0.717) is 54.8 Å². The summed E-state index contributed by atoms with van der Waals surface area (Å²) in [6.07, 6.45) is 9.75. The van der Waals surface area contributed by atoms with E-state index in [9.17, 15) is 28.6 Å². The van der Waals surface area contributed by atoms with Gasteiger partial charge in [-0.05, 0) is 134 Å². The standard InChI is InChI=1S/C36H52N2O9S/c1-23(27-12-13-28-32-29(16-18-36(27,28)3)35(2)17-15-25(39)21-24(35)22-30(32)40)11-14-31(41)45-19-7-8-20-46-33-34(38(42)47-37-33)48(43,44)26-9-5-4-6-10-26/h4-6,9-10,23-25,27-30,32,39-40H,7-8,11-22H2,1-3H3/t23-,24+,25-,27-,28+,29+,30+,32?,35+,36-/m1/s1. The summed E-state index contributed by atoms with van der Waals surface area (Å²) in [5.41, 5.74) is 0.379. The van der Waals surface area contributed by atoms with E-state index in [1.807, 2.05) is 0 Å². The van der Waals surface area contributed by atoms with E-state index in [4.69, 9.17) is 9.47 Å². The van der Waals surface area contributed by atoms with Gasteiger partial charge in [0.15, 0.2) is 0 Å². The van der Waals surface area contributed by atoms with Gasteiger partial charge in [-0.3, -0.25) is 9.42 Å². The zero-order valence-electron chi connectivity index (χ0n) is 28.5. The zero-order valence-corrected chi connectivity index (χ0v) is 29.3. The van der Waals surface area contributed by atoms with E-state index in [1.54, 1.807) is 18.2 Å². The molecule has 266 valence electrons. The fourth-order valence-corrected chi connectivity index (χ4v) is 11.9. The molecule has 0 spiro atoms. The molecule has 6 rings (SSSR count). The maximum Gasteiger partial charge on any atom is 0.414 e. The fraction of sp³-hybridized carbons (Fsp3) is 0.750. The smallest absolute Gasteiger partial charge is 0.414 e. The highest BCUT2D eigenvalue weighted by atomic mass is 32.2. The van der Waals surface area contributed by atoms with E-state index in [-0.39, 0.29) is 52.0 Å². The quantitative estimate of drug-likeness (QED) is 0.171. The number of nitrogens with zero attached hydrogens (tertiary/aromatic N) is 2. The Labute approximate surface area is 283 Å². The van der Waals surface area contributed by atoms with E-state index >= 15 is 0 Å². The molecule has 1 unspecified atom stereocenters. The summed E-state index contributed by atoms with van der Waals surface area (Å²) < 4.78 is 41.2. The Hall–Kier alpha value is -2.70. The maximum atomic E-state index is 12.9. The van der Waals surface area contributed by atoms with Crippen molar-refractivity contribution in [1.29, 1.82) is 0 Å². The van der Waals surface area contributed by atoms with Gasteiger partial charge in [0, 0.05) is 6.42 Å². The molecule has 0 bridgehead atoms. The number of aliphatic hydroxyl groups excluding tert-OH is 2. The van der Waals surface area contributed by atoms with Gasteiger partial charge >= 0.3 is 16.9 Å². The number of aliphatic hydroxyl groups is 2. The van der Waals surface area contributed by atoms with E-state index in [2.05, 4.69) is 30.6 Å². The number of aromatic nitrogens is 2. The molecule has 48 heavy (non-hydrogen) atoms. The van der Waals surface area contributed by atoms with Crippen LogP contribution < -0.4 is 9.64 Å². The number of esters is 1. The van der Waals surface area contributed by atoms with Gasteiger partial charge in [0.25, 0.3) is 9.84 Å². The normalized spacial score (nSPS) is 35.2. The number of ether oxygens (including phenoxy) is 2. The maximum absolute atomic E-state index is 12.9. The summed E-state index contributed by atoms with van der Waals surface area (Å²) in [6, 6.07) is 7.51. The van der Waals surface area contributed by atoms with Gasteiger partial charge in [-0.25, -0.2) is 8.42 Å². The lowest BCUT2D eigenvalue weighted by Gasteiger charge is -2.62. The first kappa shape index (κ1) is 35.1. The van der Waals surface area contributed by atoms with Gasteiger partial charge in [-0.15, -0.1) is 0 Å². The SMILES string of the molecule is C[C@H](CCC(=O)OCCCCOc1no[n+]([O-])c1S(=O)(=O)c1ccccc1)[C@H]1CC[C@H]2C3[C@@H](O)C[C@@H]4C[C@H](O)CC[C@]4(C)[C@H]3CC[C@]12C. The first-order chi connectivity index (χ1) is 22.9. The minimum absolute atomic E-state index is 0.0676. The van der Waals surface area contributed by atoms with Crippen LogP contribution in [-0.2, 0) is 19.4 Å². The molecule has 4 fully saturated rings. The van der Waals surface area contributed by atoms with Crippen molar-refractivity contribution in [3.63, 3.8) is 0 Å². The predicted octanol–water partition coefficient (Wildman–Crippen LogP) is 5.25. The molecule has 2 N–H and O–H groups in total. The largest absolute Gasteiger partial charge is 0.466 e. The van der Waals surface area contributed by atoms with Crippen LogP contribution in [0.5, 0.6) is 5.88 Å². The van der Waals surface area contributed by atoms with Crippen LogP contribution in [0.15, 0.2) is 44.9 Å². The molecule has 12 heteroatoms. The molecule has 2 aromatic rings. The van der Waals surface area contributed by atoms with Gasteiger partial charge in [0.2, 0.25) is 0 Å². The molecule has 11 nitrogen and oxygen atoms in total. The van der Waals surface area contributed by atoms with Crippen molar-refractivity contribution in [2.45, 2.75) is 120 Å². The number of sulfone groups is 1. The number of benzene rings is 1. The van der Waals surface area contributed by atoms with Crippen molar-refractivity contribution in [3.05, 3.63) is 35.5 Å². The van der Waals surface area contributed by atoms with Crippen molar-refractivity contribution in [3.8, 4) is 5.88 Å². The highest BCUT2D eigenvalue weighted by Gasteiger charge is 2.62.